The number of carbonyl (C=O) groups is 2. The van der Waals surface area contributed by atoms with Gasteiger partial charge in [0.2, 0.25) is 0 Å². The molecule has 0 aromatic carbocycles. The first-order valence-corrected chi connectivity index (χ1v) is 33.3. The lowest BCUT2D eigenvalue weighted by atomic mass is 9.92. The molecule has 1 unspecified atom stereocenters. The quantitative estimate of drug-likeness (QED) is 0.0358. The van der Waals surface area contributed by atoms with Gasteiger partial charge in [-0.05, 0) is 32.1 Å². The van der Waals surface area contributed by atoms with Crippen LogP contribution in [0.2, 0.25) is 0 Å². The molecule has 1 rings (SSSR count). The molecule has 0 amide bonds. The van der Waals surface area contributed by atoms with Crippen molar-refractivity contribution in [3.05, 3.63) is 12.2 Å². The van der Waals surface area contributed by atoms with Gasteiger partial charge in [0.15, 0.2) is 0 Å². The Kier molecular flexibility index (Phi) is 54.2. The summed E-state index contributed by atoms with van der Waals surface area (Å²) in [6, 6.07) is 0. The van der Waals surface area contributed by atoms with Crippen LogP contribution in [0.15, 0.2) is 12.2 Å². The smallest absolute Gasteiger partial charge is 0.309 e. The summed E-state index contributed by atoms with van der Waals surface area (Å²) < 4.78 is 10.6. The minimum Gasteiger partial charge on any atom is -0.465 e. The average molecular weight is 1030 g/mol. The topological polar surface area (TPSA) is 93.1 Å². The SMILES string of the molecule is CCCCCCCCCCCCCCCCCCCCCCCCCCCCCCCCCCC/C=C/CCCCCCCCCCCCCCCCCCCCCC1CC(=O)OCC(CO)(CO)COC1=O. The predicted octanol–water partition coefficient (Wildman–Crippen LogP) is 21.1. The van der Waals surface area contributed by atoms with Crippen molar-refractivity contribution in [1.29, 1.82) is 0 Å². The van der Waals surface area contributed by atoms with Gasteiger partial charge in [-0.25, -0.2) is 0 Å². The molecule has 0 aliphatic carbocycles. The van der Waals surface area contributed by atoms with Crippen LogP contribution in [0.4, 0.5) is 0 Å². The van der Waals surface area contributed by atoms with Crippen LogP contribution in [0.25, 0.3) is 0 Å². The maximum absolute atomic E-state index is 12.5. The van der Waals surface area contributed by atoms with E-state index in [9.17, 15) is 19.8 Å². The lowest BCUT2D eigenvalue weighted by Gasteiger charge is -2.27. The Labute approximate surface area is 455 Å². The molecule has 0 spiro atoms. The lowest BCUT2D eigenvalue weighted by Crippen LogP contribution is -2.40. The minimum atomic E-state index is -1.12. The molecule has 0 aromatic heterocycles. The zero-order valence-corrected chi connectivity index (χ0v) is 49.2. The molecule has 0 radical (unpaired) electrons. The molecule has 6 nitrogen and oxygen atoms in total. The minimum absolute atomic E-state index is 0.00392. The maximum atomic E-state index is 12.5. The second-order valence-electron chi connectivity index (χ2n) is 23.9. The molecular formula is C67H128O6. The number of esters is 2. The molecule has 2 N–H and O–H groups in total. The van der Waals surface area contributed by atoms with Crippen LogP contribution in [-0.2, 0) is 19.1 Å². The zero-order valence-electron chi connectivity index (χ0n) is 49.2. The highest BCUT2D eigenvalue weighted by Crippen LogP contribution is 2.25. The van der Waals surface area contributed by atoms with Crippen molar-refractivity contribution in [2.45, 2.75) is 366 Å². The van der Waals surface area contributed by atoms with E-state index in [-0.39, 0.29) is 19.6 Å². The molecule has 432 valence electrons. The largest absolute Gasteiger partial charge is 0.465 e. The van der Waals surface area contributed by atoms with Gasteiger partial charge in [0, 0.05) is 0 Å². The molecule has 1 aliphatic heterocycles. The van der Waals surface area contributed by atoms with Gasteiger partial charge in [-0.2, -0.15) is 0 Å². The number of aliphatic hydroxyl groups excluding tert-OH is 2. The Morgan fingerprint density at radius 2 is 0.589 bits per heavy atom. The van der Waals surface area contributed by atoms with Gasteiger partial charge < -0.3 is 19.7 Å². The first-order valence-electron chi connectivity index (χ1n) is 33.3. The molecular weight excluding hydrogens is 901 g/mol. The van der Waals surface area contributed by atoms with Crippen molar-refractivity contribution >= 4 is 11.9 Å². The summed E-state index contributed by atoms with van der Waals surface area (Å²) in [5, 5.41) is 19.2. The third kappa shape index (κ3) is 48.7. The van der Waals surface area contributed by atoms with Crippen LogP contribution in [0, 0.1) is 11.3 Å². The van der Waals surface area contributed by atoms with Crippen molar-refractivity contribution in [3.8, 4) is 0 Å². The van der Waals surface area contributed by atoms with Crippen molar-refractivity contribution in [1.82, 2.24) is 0 Å². The maximum Gasteiger partial charge on any atom is 0.309 e. The van der Waals surface area contributed by atoms with Crippen molar-refractivity contribution < 1.29 is 29.3 Å². The van der Waals surface area contributed by atoms with Crippen LogP contribution in [0.3, 0.4) is 0 Å². The summed E-state index contributed by atoms with van der Waals surface area (Å²) >= 11 is 0. The summed E-state index contributed by atoms with van der Waals surface area (Å²) in [6.45, 7) is 1.21. The zero-order chi connectivity index (χ0) is 52.5. The first-order chi connectivity index (χ1) is 36.1. The number of hydrogen-bond donors (Lipinski definition) is 2. The van der Waals surface area contributed by atoms with Crippen LogP contribution < -0.4 is 0 Å². The third-order valence-corrected chi connectivity index (χ3v) is 16.5. The Bertz CT molecular complexity index is 1150. The van der Waals surface area contributed by atoms with Crippen LogP contribution >= 0.6 is 0 Å². The van der Waals surface area contributed by atoms with Gasteiger partial charge in [-0.3, -0.25) is 9.59 Å². The number of unbranched alkanes of at least 4 members (excludes halogenated alkanes) is 52. The van der Waals surface area contributed by atoms with E-state index in [0.717, 1.165) is 19.3 Å². The molecule has 6 heteroatoms. The van der Waals surface area contributed by atoms with E-state index in [1.807, 2.05) is 0 Å². The Morgan fingerprint density at radius 1 is 0.356 bits per heavy atom. The Hall–Kier alpha value is -1.40. The highest BCUT2D eigenvalue weighted by molar-refractivity contribution is 5.80. The van der Waals surface area contributed by atoms with E-state index in [1.165, 1.54) is 327 Å². The normalized spacial score (nSPS) is 15.2. The van der Waals surface area contributed by atoms with Gasteiger partial charge in [0.25, 0.3) is 0 Å². The van der Waals surface area contributed by atoms with Gasteiger partial charge in [0.1, 0.15) is 13.2 Å². The number of cyclic esters (lactones) is 2. The van der Waals surface area contributed by atoms with Crippen LogP contribution in [-0.4, -0.2) is 48.6 Å². The highest BCUT2D eigenvalue weighted by Gasteiger charge is 2.36. The van der Waals surface area contributed by atoms with Gasteiger partial charge in [-0.1, -0.05) is 340 Å². The lowest BCUT2D eigenvalue weighted by molar-refractivity contribution is -0.155. The average Bonchev–Trinajstić information content (AvgIpc) is 3.46. The summed E-state index contributed by atoms with van der Waals surface area (Å²) in [7, 11) is 0. The fourth-order valence-corrected chi connectivity index (χ4v) is 11.1. The molecule has 1 saturated heterocycles. The fourth-order valence-electron chi connectivity index (χ4n) is 11.1. The van der Waals surface area contributed by atoms with Crippen molar-refractivity contribution in [3.63, 3.8) is 0 Å². The number of carbonyl (C=O) groups excluding carboxylic acids is 2. The standard InChI is InChI=1S/C67H128O6/c1-2-3-4-5-6-7-8-9-10-11-12-13-14-15-16-17-18-19-20-21-22-23-24-25-26-27-28-29-30-31-32-33-34-35-36-37-38-39-40-41-42-43-44-45-46-47-48-49-50-51-52-53-54-55-56-57-58-64-59-65(70)72-62-67(60-68,61-69)63-73-66(64)71/h36-37,64,68-69H,2-35,38-63H2,1H3/b37-36+. The summed E-state index contributed by atoms with van der Waals surface area (Å²) in [5.41, 5.74) is -1.12. The molecule has 1 atom stereocenters. The van der Waals surface area contributed by atoms with Crippen LogP contribution in [0.5, 0.6) is 0 Å². The van der Waals surface area contributed by atoms with Crippen molar-refractivity contribution in [2.75, 3.05) is 26.4 Å². The number of allylic oxidation sites excluding steroid dienone is 2. The second-order valence-corrected chi connectivity index (χ2v) is 23.9. The Morgan fingerprint density at radius 3 is 0.849 bits per heavy atom. The molecule has 1 aliphatic rings. The van der Waals surface area contributed by atoms with E-state index < -0.39 is 36.5 Å². The first kappa shape index (κ1) is 69.6. The van der Waals surface area contributed by atoms with Gasteiger partial charge in [-0.15, -0.1) is 0 Å². The highest BCUT2D eigenvalue weighted by atomic mass is 16.6. The van der Waals surface area contributed by atoms with Gasteiger partial charge >= 0.3 is 11.9 Å². The molecule has 0 saturated carbocycles. The van der Waals surface area contributed by atoms with Gasteiger partial charge in [0.05, 0.1) is 31.0 Å². The summed E-state index contributed by atoms with van der Waals surface area (Å²) in [4.78, 5) is 24.7. The summed E-state index contributed by atoms with van der Waals surface area (Å²) in [6.07, 6.45) is 81.6. The van der Waals surface area contributed by atoms with E-state index in [4.69, 9.17) is 9.47 Å². The number of ether oxygens (including phenoxy) is 2. The van der Waals surface area contributed by atoms with Crippen molar-refractivity contribution in [2.24, 2.45) is 11.3 Å². The predicted molar refractivity (Wildman–Crippen MR) is 315 cm³/mol. The number of aliphatic hydroxyl groups is 2. The molecule has 1 heterocycles. The monoisotopic (exact) mass is 1030 g/mol. The molecule has 0 aromatic rings. The molecule has 1 fully saturated rings. The fraction of sp³-hybridized carbons (Fsp3) is 0.940. The van der Waals surface area contributed by atoms with E-state index in [1.54, 1.807) is 0 Å². The number of hydrogen-bond acceptors (Lipinski definition) is 6. The van der Waals surface area contributed by atoms with E-state index in [2.05, 4.69) is 19.1 Å². The summed E-state index contributed by atoms with van der Waals surface area (Å²) in [5.74, 6) is -1.40. The third-order valence-electron chi connectivity index (χ3n) is 16.5. The Balaban J connectivity index is 1.68. The van der Waals surface area contributed by atoms with Crippen LogP contribution in [0.1, 0.15) is 366 Å². The molecule has 73 heavy (non-hydrogen) atoms. The van der Waals surface area contributed by atoms with E-state index in [0.29, 0.717) is 6.42 Å². The number of rotatable bonds is 58. The van der Waals surface area contributed by atoms with E-state index >= 15 is 0 Å². The second kappa shape index (κ2) is 56.8. The molecule has 0 bridgehead atoms.